The number of rotatable bonds is 6. The maximum absolute atomic E-state index is 11.0. The molecular weight excluding hydrogens is 228 g/mol. The van der Waals surface area contributed by atoms with E-state index >= 15 is 0 Å². The van der Waals surface area contributed by atoms with E-state index in [1.807, 2.05) is 24.3 Å². The molecule has 0 aliphatic heterocycles. The SMILES string of the molecule is CC(O)Cc1ccccc1C(CC(=O)O)C1CC1. The summed E-state index contributed by atoms with van der Waals surface area (Å²) in [6.07, 6.45) is 2.65. The molecule has 0 bridgehead atoms. The fraction of sp³-hybridized carbons (Fsp3) is 0.533. The molecule has 0 saturated heterocycles. The summed E-state index contributed by atoms with van der Waals surface area (Å²) in [7, 11) is 0. The van der Waals surface area contributed by atoms with Gasteiger partial charge in [-0.3, -0.25) is 4.79 Å². The highest BCUT2D eigenvalue weighted by Gasteiger charge is 2.34. The van der Waals surface area contributed by atoms with E-state index in [9.17, 15) is 9.90 Å². The molecule has 18 heavy (non-hydrogen) atoms. The van der Waals surface area contributed by atoms with Gasteiger partial charge in [0.1, 0.15) is 0 Å². The molecule has 1 aromatic rings. The minimum Gasteiger partial charge on any atom is -0.481 e. The lowest BCUT2D eigenvalue weighted by atomic mass is 9.86. The summed E-state index contributed by atoms with van der Waals surface area (Å²) in [4.78, 5) is 11.0. The Morgan fingerprint density at radius 3 is 2.61 bits per heavy atom. The van der Waals surface area contributed by atoms with Gasteiger partial charge in [0, 0.05) is 0 Å². The molecule has 0 radical (unpaired) electrons. The Bertz CT molecular complexity index is 422. The van der Waals surface area contributed by atoms with Crippen molar-refractivity contribution in [3.05, 3.63) is 35.4 Å². The fourth-order valence-corrected chi connectivity index (χ4v) is 2.62. The Morgan fingerprint density at radius 2 is 2.06 bits per heavy atom. The first-order valence-corrected chi connectivity index (χ1v) is 6.55. The summed E-state index contributed by atoms with van der Waals surface area (Å²) in [5, 5.41) is 18.6. The first-order chi connectivity index (χ1) is 8.58. The van der Waals surface area contributed by atoms with Gasteiger partial charge in [0.15, 0.2) is 0 Å². The van der Waals surface area contributed by atoms with Crippen molar-refractivity contribution in [2.75, 3.05) is 0 Å². The number of carbonyl (C=O) groups is 1. The molecule has 1 aromatic carbocycles. The quantitative estimate of drug-likeness (QED) is 0.813. The van der Waals surface area contributed by atoms with Crippen LogP contribution in [0.2, 0.25) is 0 Å². The van der Waals surface area contributed by atoms with Crippen molar-refractivity contribution in [3.8, 4) is 0 Å². The number of hydrogen-bond donors (Lipinski definition) is 2. The van der Waals surface area contributed by atoms with Crippen molar-refractivity contribution in [1.82, 2.24) is 0 Å². The molecule has 0 heterocycles. The zero-order chi connectivity index (χ0) is 13.1. The van der Waals surface area contributed by atoms with E-state index in [-0.39, 0.29) is 12.3 Å². The number of hydrogen-bond acceptors (Lipinski definition) is 2. The number of aliphatic carboxylic acids is 1. The summed E-state index contributed by atoms with van der Waals surface area (Å²) in [5.41, 5.74) is 2.20. The van der Waals surface area contributed by atoms with Crippen LogP contribution in [0.5, 0.6) is 0 Å². The van der Waals surface area contributed by atoms with Crippen LogP contribution in [0.1, 0.15) is 43.2 Å². The maximum Gasteiger partial charge on any atom is 0.303 e. The average Bonchev–Trinajstić information content (AvgIpc) is 3.09. The van der Waals surface area contributed by atoms with Gasteiger partial charge in [-0.1, -0.05) is 24.3 Å². The first-order valence-electron chi connectivity index (χ1n) is 6.55. The molecule has 0 amide bonds. The highest BCUT2D eigenvalue weighted by Crippen LogP contribution is 2.45. The zero-order valence-corrected chi connectivity index (χ0v) is 10.7. The average molecular weight is 248 g/mol. The second-order valence-electron chi connectivity index (χ2n) is 5.29. The van der Waals surface area contributed by atoms with E-state index in [1.165, 1.54) is 0 Å². The maximum atomic E-state index is 11.0. The van der Waals surface area contributed by atoms with Crippen molar-refractivity contribution in [2.45, 2.75) is 44.6 Å². The summed E-state index contributed by atoms with van der Waals surface area (Å²) >= 11 is 0. The topological polar surface area (TPSA) is 57.5 Å². The number of aliphatic hydroxyl groups is 1. The lowest BCUT2D eigenvalue weighted by Crippen LogP contribution is -2.13. The summed E-state index contributed by atoms with van der Waals surface area (Å²) in [6, 6.07) is 7.92. The van der Waals surface area contributed by atoms with Crippen LogP contribution in [0.4, 0.5) is 0 Å². The number of aliphatic hydroxyl groups excluding tert-OH is 1. The second-order valence-corrected chi connectivity index (χ2v) is 5.29. The zero-order valence-electron chi connectivity index (χ0n) is 10.7. The molecule has 1 fully saturated rings. The molecular formula is C15H20O3. The third-order valence-corrected chi connectivity index (χ3v) is 3.56. The van der Waals surface area contributed by atoms with Crippen molar-refractivity contribution in [1.29, 1.82) is 0 Å². The van der Waals surface area contributed by atoms with Gasteiger partial charge in [-0.25, -0.2) is 0 Å². The Morgan fingerprint density at radius 1 is 1.39 bits per heavy atom. The Hall–Kier alpha value is -1.35. The molecule has 3 nitrogen and oxygen atoms in total. The molecule has 2 unspecified atom stereocenters. The number of carboxylic acid groups (broad SMARTS) is 1. The monoisotopic (exact) mass is 248 g/mol. The van der Waals surface area contributed by atoms with Gasteiger partial charge in [0.2, 0.25) is 0 Å². The highest BCUT2D eigenvalue weighted by molar-refractivity contribution is 5.68. The van der Waals surface area contributed by atoms with Gasteiger partial charge >= 0.3 is 5.97 Å². The number of benzene rings is 1. The van der Waals surface area contributed by atoms with Crippen LogP contribution < -0.4 is 0 Å². The Balaban J connectivity index is 2.25. The predicted octanol–water partition coefficient (Wildman–Crippen LogP) is 2.58. The molecule has 98 valence electrons. The largest absolute Gasteiger partial charge is 0.481 e. The lowest BCUT2D eigenvalue weighted by molar-refractivity contribution is -0.137. The second kappa shape index (κ2) is 5.53. The van der Waals surface area contributed by atoms with Gasteiger partial charge in [-0.15, -0.1) is 0 Å². The van der Waals surface area contributed by atoms with E-state index in [0.717, 1.165) is 24.0 Å². The summed E-state index contributed by atoms with van der Waals surface area (Å²) < 4.78 is 0. The van der Waals surface area contributed by atoms with E-state index < -0.39 is 12.1 Å². The Kier molecular flexibility index (Phi) is 4.02. The molecule has 0 spiro atoms. The van der Waals surface area contributed by atoms with Gasteiger partial charge < -0.3 is 10.2 Å². The van der Waals surface area contributed by atoms with Crippen LogP contribution in [0, 0.1) is 5.92 Å². The van der Waals surface area contributed by atoms with Gasteiger partial charge in [-0.05, 0) is 49.1 Å². The minimum atomic E-state index is -0.737. The normalized spacial score (nSPS) is 18.3. The van der Waals surface area contributed by atoms with Crippen molar-refractivity contribution in [3.63, 3.8) is 0 Å². The van der Waals surface area contributed by atoms with Crippen LogP contribution in [0.25, 0.3) is 0 Å². The smallest absolute Gasteiger partial charge is 0.303 e. The molecule has 3 heteroatoms. The Labute approximate surface area is 107 Å². The van der Waals surface area contributed by atoms with E-state index in [2.05, 4.69) is 0 Å². The predicted molar refractivity (Wildman–Crippen MR) is 69.5 cm³/mol. The van der Waals surface area contributed by atoms with Crippen molar-refractivity contribution >= 4 is 5.97 Å². The van der Waals surface area contributed by atoms with Crippen LogP contribution >= 0.6 is 0 Å². The fourth-order valence-electron chi connectivity index (χ4n) is 2.62. The van der Waals surface area contributed by atoms with Crippen LogP contribution in [0.15, 0.2) is 24.3 Å². The lowest BCUT2D eigenvalue weighted by Gasteiger charge is -2.19. The van der Waals surface area contributed by atoms with Gasteiger partial charge in [-0.2, -0.15) is 0 Å². The van der Waals surface area contributed by atoms with Crippen LogP contribution in [-0.4, -0.2) is 22.3 Å². The first kappa shape index (κ1) is 13.1. The molecule has 0 aromatic heterocycles. The van der Waals surface area contributed by atoms with Gasteiger partial charge in [0.05, 0.1) is 12.5 Å². The van der Waals surface area contributed by atoms with E-state index in [0.29, 0.717) is 12.3 Å². The molecule has 2 N–H and O–H groups in total. The molecule has 1 aliphatic carbocycles. The van der Waals surface area contributed by atoms with Crippen LogP contribution in [-0.2, 0) is 11.2 Å². The highest BCUT2D eigenvalue weighted by atomic mass is 16.4. The third-order valence-electron chi connectivity index (χ3n) is 3.56. The van der Waals surface area contributed by atoms with Gasteiger partial charge in [0.25, 0.3) is 0 Å². The van der Waals surface area contributed by atoms with Crippen LogP contribution in [0.3, 0.4) is 0 Å². The molecule has 1 aliphatic rings. The standard InChI is InChI=1S/C15H20O3/c1-10(16)8-12-4-2-3-5-13(12)14(9-15(17)18)11-6-7-11/h2-5,10-11,14,16H,6-9H2,1H3,(H,17,18). The summed E-state index contributed by atoms with van der Waals surface area (Å²) in [6.45, 7) is 1.76. The summed E-state index contributed by atoms with van der Waals surface area (Å²) in [5.74, 6) is -0.118. The third kappa shape index (κ3) is 3.33. The molecule has 1 saturated carbocycles. The van der Waals surface area contributed by atoms with Crippen molar-refractivity contribution < 1.29 is 15.0 Å². The van der Waals surface area contributed by atoms with E-state index in [1.54, 1.807) is 6.92 Å². The molecule has 2 rings (SSSR count). The molecule has 2 atom stereocenters. The number of carboxylic acids is 1. The minimum absolute atomic E-state index is 0.109. The van der Waals surface area contributed by atoms with E-state index in [4.69, 9.17) is 5.11 Å². The van der Waals surface area contributed by atoms with Crippen molar-refractivity contribution in [2.24, 2.45) is 5.92 Å².